The summed E-state index contributed by atoms with van der Waals surface area (Å²) in [5.41, 5.74) is 4.50. The Hall–Kier alpha value is -3.81. The molecule has 1 amide bonds. The summed E-state index contributed by atoms with van der Waals surface area (Å²) in [5.74, 6) is 0.283. The molecule has 0 aliphatic heterocycles. The molecule has 0 unspecified atom stereocenters. The lowest BCUT2D eigenvalue weighted by molar-refractivity contribution is -0.121. The number of carbonyl (C=O) groups is 1. The second-order valence-corrected chi connectivity index (χ2v) is 7.19. The maximum atomic E-state index is 13.0. The first kappa shape index (κ1) is 20.5. The van der Waals surface area contributed by atoms with Gasteiger partial charge in [0.25, 0.3) is 0 Å². The van der Waals surface area contributed by atoms with Gasteiger partial charge in [0.15, 0.2) is 0 Å². The third-order valence-corrected chi connectivity index (χ3v) is 5.04. The van der Waals surface area contributed by atoms with Crippen molar-refractivity contribution in [2.24, 2.45) is 0 Å². The van der Waals surface area contributed by atoms with Gasteiger partial charge < -0.3 is 9.84 Å². The first-order chi connectivity index (χ1) is 15.0. The molecule has 4 rings (SSSR count). The van der Waals surface area contributed by atoms with Crippen molar-refractivity contribution >= 4 is 5.91 Å². The molecular weight excluding hydrogens is 397 g/mol. The highest BCUT2D eigenvalue weighted by molar-refractivity contribution is 5.76. The average molecular weight is 419 g/mol. The first-order valence-corrected chi connectivity index (χ1v) is 9.97. The molecule has 0 atom stereocenters. The van der Waals surface area contributed by atoms with E-state index < -0.39 is 0 Å². The number of benzene rings is 2. The van der Waals surface area contributed by atoms with E-state index in [0.717, 1.165) is 22.6 Å². The van der Waals surface area contributed by atoms with Crippen molar-refractivity contribution in [3.05, 3.63) is 83.3 Å². The number of amides is 1. The number of nitrogens with zero attached hydrogens (tertiary/aromatic N) is 4. The summed E-state index contributed by atoms with van der Waals surface area (Å²) in [7, 11) is 0. The van der Waals surface area contributed by atoms with Crippen LogP contribution in [0.15, 0.2) is 59.1 Å². The standard InChI is InChI=1S/C23H22FN5O2/c1-15-20(16(2)29(27-15)19-6-4-3-5-7-19)14-25-21(30)12-13-22-26-23(28-31-22)17-8-10-18(24)11-9-17/h3-11H,12-14H2,1-2H3,(H,25,30). The van der Waals surface area contributed by atoms with Crippen LogP contribution in [-0.2, 0) is 17.8 Å². The number of aromatic nitrogens is 4. The highest BCUT2D eigenvalue weighted by Crippen LogP contribution is 2.18. The third-order valence-electron chi connectivity index (χ3n) is 5.04. The number of hydrogen-bond acceptors (Lipinski definition) is 5. The molecule has 8 heteroatoms. The monoisotopic (exact) mass is 419 g/mol. The molecule has 0 fully saturated rings. The molecule has 0 aliphatic carbocycles. The van der Waals surface area contributed by atoms with E-state index in [0.29, 0.717) is 30.2 Å². The van der Waals surface area contributed by atoms with Crippen LogP contribution in [0.5, 0.6) is 0 Å². The maximum absolute atomic E-state index is 13.0. The third kappa shape index (κ3) is 4.69. The van der Waals surface area contributed by atoms with Crippen molar-refractivity contribution in [3.8, 4) is 17.1 Å². The van der Waals surface area contributed by atoms with Crippen molar-refractivity contribution in [1.82, 2.24) is 25.2 Å². The number of nitrogens with one attached hydrogen (secondary N) is 1. The second-order valence-electron chi connectivity index (χ2n) is 7.19. The molecule has 2 heterocycles. The second kappa shape index (κ2) is 8.91. The van der Waals surface area contributed by atoms with Crippen molar-refractivity contribution in [1.29, 1.82) is 0 Å². The Bertz CT molecular complexity index is 1180. The smallest absolute Gasteiger partial charge is 0.227 e. The van der Waals surface area contributed by atoms with Gasteiger partial charge in [0.1, 0.15) is 5.82 Å². The number of para-hydroxylation sites is 1. The van der Waals surface area contributed by atoms with Crippen LogP contribution in [0.4, 0.5) is 4.39 Å². The molecule has 4 aromatic rings. The quantitative estimate of drug-likeness (QED) is 0.491. The van der Waals surface area contributed by atoms with E-state index >= 15 is 0 Å². The fourth-order valence-electron chi connectivity index (χ4n) is 3.32. The molecule has 0 saturated heterocycles. The number of carbonyl (C=O) groups excluding carboxylic acids is 1. The summed E-state index contributed by atoms with van der Waals surface area (Å²) < 4.78 is 20.1. The van der Waals surface area contributed by atoms with Gasteiger partial charge in [-0.15, -0.1) is 0 Å². The Morgan fingerprint density at radius 3 is 2.58 bits per heavy atom. The molecule has 0 aliphatic rings. The molecular formula is C23H22FN5O2. The summed E-state index contributed by atoms with van der Waals surface area (Å²) in [6.07, 6.45) is 0.539. The van der Waals surface area contributed by atoms with Crippen LogP contribution in [0, 0.1) is 19.7 Å². The molecule has 31 heavy (non-hydrogen) atoms. The lowest BCUT2D eigenvalue weighted by Gasteiger charge is -2.07. The lowest BCUT2D eigenvalue weighted by Crippen LogP contribution is -2.23. The van der Waals surface area contributed by atoms with E-state index in [1.165, 1.54) is 12.1 Å². The van der Waals surface area contributed by atoms with E-state index in [4.69, 9.17) is 4.52 Å². The molecule has 158 valence electrons. The number of halogens is 1. The van der Waals surface area contributed by atoms with Crippen molar-refractivity contribution in [3.63, 3.8) is 0 Å². The zero-order valence-corrected chi connectivity index (χ0v) is 17.3. The number of rotatable bonds is 7. The zero-order valence-electron chi connectivity index (χ0n) is 17.3. The van der Waals surface area contributed by atoms with E-state index in [9.17, 15) is 9.18 Å². The van der Waals surface area contributed by atoms with Crippen molar-refractivity contribution in [2.75, 3.05) is 0 Å². The topological polar surface area (TPSA) is 85.8 Å². The molecule has 2 aromatic carbocycles. The zero-order chi connectivity index (χ0) is 21.8. The van der Waals surface area contributed by atoms with Crippen LogP contribution in [-0.4, -0.2) is 25.8 Å². The number of aryl methyl sites for hydroxylation is 2. The SMILES string of the molecule is Cc1nn(-c2ccccc2)c(C)c1CNC(=O)CCc1nc(-c2ccc(F)cc2)no1. The van der Waals surface area contributed by atoms with E-state index in [1.54, 1.807) is 12.1 Å². The van der Waals surface area contributed by atoms with Gasteiger partial charge in [0.05, 0.1) is 11.4 Å². The van der Waals surface area contributed by atoms with Gasteiger partial charge in [0.2, 0.25) is 17.6 Å². The summed E-state index contributed by atoms with van der Waals surface area (Å²) in [4.78, 5) is 16.6. The van der Waals surface area contributed by atoms with Crippen LogP contribution in [0.25, 0.3) is 17.1 Å². The Kier molecular flexibility index (Phi) is 5.88. The predicted octanol–water partition coefficient (Wildman–Crippen LogP) is 3.93. The molecule has 7 nitrogen and oxygen atoms in total. The van der Waals surface area contributed by atoms with Crippen LogP contribution < -0.4 is 5.32 Å². The summed E-state index contributed by atoms with van der Waals surface area (Å²) >= 11 is 0. The van der Waals surface area contributed by atoms with Gasteiger partial charge in [0, 0.05) is 36.2 Å². The average Bonchev–Trinajstić information content (AvgIpc) is 3.36. The van der Waals surface area contributed by atoms with Gasteiger partial charge in [-0.2, -0.15) is 10.1 Å². The first-order valence-electron chi connectivity index (χ1n) is 9.97. The summed E-state index contributed by atoms with van der Waals surface area (Å²) in [6, 6.07) is 15.7. The highest BCUT2D eigenvalue weighted by Gasteiger charge is 2.15. The van der Waals surface area contributed by atoms with Gasteiger partial charge in [-0.25, -0.2) is 9.07 Å². The van der Waals surface area contributed by atoms with Crippen molar-refractivity contribution in [2.45, 2.75) is 33.2 Å². The van der Waals surface area contributed by atoms with Gasteiger partial charge in [-0.3, -0.25) is 4.79 Å². The van der Waals surface area contributed by atoms with Crippen LogP contribution in [0.1, 0.15) is 29.3 Å². The predicted molar refractivity (Wildman–Crippen MR) is 113 cm³/mol. The molecule has 2 aromatic heterocycles. The minimum atomic E-state index is -0.330. The molecule has 0 bridgehead atoms. The van der Waals surface area contributed by atoms with Crippen LogP contribution in [0.3, 0.4) is 0 Å². The maximum Gasteiger partial charge on any atom is 0.227 e. The van der Waals surface area contributed by atoms with E-state index in [2.05, 4.69) is 20.6 Å². The highest BCUT2D eigenvalue weighted by atomic mass is 19.1. The Labute approximate surface area is 178 Å². The molecule has 1 N–H and O–H groups in total. The largest absolute Gasteiger partial charge is 0.352 e. The van der Waals surface area contributed by atoms with E-state index in [1.807, 2.05) is 48.9 Å². The summed E-state index contributed by atoms with van der Waals surface area (Å²) in [5, 5.41) is 11.4. The Morgan fingerprint density at radius 1 is 1.10 bits per heavy atom. The minimum absolute atomic E-state index is 0.118. The van der Waals surface area contributed by atoms with E-state index in [-0.39, 0.29) is 18.1 Å². The van der Waals surface area contributed by atoms with Crippen molar-refractivity contribution < 1.29 is 13.7 Å². The molecule has 0 saturated carbocycles. The van der Waals surface area contributed by atoms with Crippen LogP contribution >= 0.6 is 0 Å². The molecule has 0 radical (unpaired) electrons. The Morgan fingerprint density at radius 2 is 1.84 bits per heavy atom. The minimum Gasteiger partial charge on any atom is -0.352 e. The summed E-state index contributed by atoms with van der Waals surface area (Å²) in [6.45, 7) is 4.32. The van der Waals surface area contributed by atoms with Gasteiger partial charge in [-0.1, -0.05) is 23.4 Å². The fourth-order valence-corrected chi connectivity index (χ4v) is 3.32. The lowest BCUT2D eigenvalue weighted by atomic mass is 10.2. The molecule has 0 spiro atoms. The Balaban J connectivity index is 1.33. The number of hydrogen-bond donors (Lipinski definition) is 1. The fraction of sp³-hybridized carbons (Fsp3) is 0.217. The van der Waals surface area contributed by atoms with Gasteiger partial charge in [-0.05, 0) is 50.2 Å². The van der Waals surface area contributed by atoms with Gasteiger partial charge >= 0.3 is 0 Å². The van der Waals surface area contributed by atoms with Crippen LogP contribution in [0.2, 0.25) is 0 Å². The normalized spacial score (nSPS) is 10.9.